The third-order valence-electron chi connectivity index (χ3n) is 4.46. The van der Waals surface area contributed by atoms with E-state index in [0.717, 1.165) is 18.5 Å². The van der Waals surface area contributed by atoms with Crippen LogP contribution in [0.4, 0.5) is 0 Å². The maximum Gasteiger partial charge on any atom is 0.252 e. The van der Waals surface area contributed by atoms with Crippen molar-refractivity contribution in [3.05, 3.63) is 29.3 Å². The van der Waals surface area contributed by atoms with Crippen LogP contribution in [0.5, 0.6) is 0 Å². The van der Waals surface area contributed by atoms with Crippen LogP contribution in [-0.2, 0) is 19.6 Å². The number of thiophene rings is 1. The summed E-state index contributed by atoms with van der Waals surface area (Å²) in [5.41, 5.74) is 6.20. The molecule has 1 aliphatic carbocycles. The Kier molecular flexibility index (Phi) is 5.55. The van der Waals surface area contributed by atoms with Gasteiger partial charge in [0.05, 0.1) is 0 Å². The van der Waals surface area contributed by atoms with Gasteiger partial charge in [-0.05, 0) is 37.1 Å². The van der Waals surface area contributed by atoms with Gasteiger partial charge in [0.15, 0.2) is 5.78 Å². The number of carbonyl (C=O) groups is 2. The summed E-state index contributed by atoms with van der Waals surface area (Å²) in [4.78, 5) is 23.6. The van der Waals surface area contributed by atoms with Crippen molar-refractivity contribution in [3.8, 4) is 0 Å². The zero-order valence-electron chi connectivity index (χ0n) is 13.7. The summed E-state index contributed by atoms with van der Waals surface area (Å²) in [7, 11) is -3.45. The lowest BCUT2D eigenvalue weighted by molar-refractivity contribution is -0.127. The molecule has 1 aromatic rings. The fourth-order valence-electron chi connectivity index (χ4n) is 3.03. The number of nitrogens with zero attached hydrogens (tertiary/aromatic N) is 1. The molecule has 1 aliphatic heterocycles. The lowest BCUT2D eigenvalue weighted by Gasteiger charge is -2.30. The largest absolute Gasteiger partial charge is 0.303 e. The molecule has 1 aromatic heterocycles. The van der Waals surface area contributed by atoms with Crippen molar-refractivity contribution in [2.24, 2.45) is 5.92 Å². The van der Waals surface area contributed by atoms with Gasteiger partial charge in [-0.15, -0.1) is 11.3 Å². The molecule has 1 amide bonds. The van der Waals surface area contributed by atoms with E-state index in [-0.39, 0.29) is 17.6 Å². The van der Waals surface area contributed by atoms with Gasteiger partial charge >= 0.3 is 0 Å². The molecule has 0 radical (unpaired) electrons. The highest BCUT2D eigenvalue weighted by atomic mass is 32.2. The minimum atomic E-state index is -3.45. The molecule has 0 saturated carbocycles. The number of allylic oxidation sites excluding steroid dienone is 2. The van der Waals surface area contributed by atoms with Crippen molar-refractivity contribution in [2.45, 2.75) is 36.3 Å². The molecule has 136 valence electrons. The average molecular weight is 383 g/mol. The summed E-state index contributed by atoms with van der Waals surface area (Å²) in [6.45, 7) is 0.666. The van der Waals surface area contributed by atoms with Gasteiger partial charge in [-0.1, -0.05) is 6.07 Å². The zero-order valence-corrected chi connectivity index (χ0v) is 15.4. The summed E-state index contributed by atoms with van der Waals surface area (Å²) >= 11 is 1.20. The molecule has 0 atom stereocenters. The van der Waals surface area contributed by atoms with Crippen LogP contribution in [0.25, 0.3) is 0 Å². The van der Waals surface area contributed by atoms with Crippen molar-refractivity contribution in [1.29, 1.82) is 0 Å². The normalized spacial score (nSPS) is 20.2. The molecule has 0 aromatic carbocycles. The highest BCUT2D eigenvalue weighted by molar-refractivity contribution is 7.91. The number of rotatable bonds is 5. The van der Waals surface area contributed by atoms with E-state index in [2.05, 4.69) is 10.9 Å². The van der Waals surface area contributed by atoms with E-state index in [9.17, 15) is 18.0 Å². The first-order valence-corrected chi connectivity index (χ1v) is 10.6. The Balaban J connectivity index is 1.50. The predicted molar refractivity (Wildman–Crippen MR) is 94.0 cm³/mol. The second kappa shape index (κ2) is 7.67. The summed E-state index contributed by atoms with van der Waals surface area (Å²) in [6.07, 6.45) is 4.57. The van der Waals surface area contributed by atoms with E-state index in [1.807, 2.05) is 0 Å². The maximum absolute atomic E-state index is 12.5. The van der Waals surface area contributed by atoms with Crippen LogP contribution in [0.15, 0.2) is 33.5 Å². The van der Waals surface area contributed by atoms with Gasteiger partial charge in [-0.25, -0.2) is 8.42 Å². The molecular weight excluding hydrogens is 362 g/mol. The van der Waals surface area contributed by atoms with E-state index < -0.39 is 10.0 Å². The minimum Gasteiger partial charge on any atom is -0.303 e. The Morgan fingerprint density at radius 1 is 1.24 bits per heavy atom. The maximum atomic E-state index is 12.5. The van der Waals surface area contributed by atoms with Crippen molar-refractivity contribution in [3.63, 3.8) is 0 Å². The highest BCUT2D eigenvalue weighted by Crippen LogP contribution is 2.26. The van der Waals surface area contributed by atoms with Crippen molar-refractivity contribution in [2.75, 3.05) is 13.1 Å². The molecule has 7 nitrogen and oxygen atoms in total. The number of carbonyl (C=O) groups excluding carboxylic acids is 2. The lowest BCUT2D eigenvalue weighted by Crippen LogP contribution is -2.46. The minimum absolute atomic E-state index is 0.0649. The van der Waals surface area contributed by atoms with Gasteiger partial charge in [0.2, 0.25) is 5.91 Å². The number of hydrogen-bond acceptors (Lipinski definition) is 6. The van der Waals surface area contributed by atoms with Crippen LogP contribution < -0.4 is 10.9 Å². The third kappa shape index (κ3) is 4.28. The Labute approximate surface area is 151 Å². The first-order chi connectivity index (χ1) is 12.0. The number of amides is 1. The standard InChI is InChI=1S/C16H21N3O4S2/c20-14-4-1-3-13(11-14)17-18-16(21)12-6-8-19(9-7-12)25(22,23)15-5-2-10-24-15/h2,5,10-12,17H,1,3-4,6-9H2,(H,18,21). The second-order valence-corrected chi connectivity index (χ2v) is 9.33. The van der Waals surface area contributed by atoms with Gasteiger partial charge in [0, 0.05) is 37.2 Å². The molecule has 0 bridgehead atoms. The SMILES string of the molecule is O=C1C=C(NNC(=O)C2CCN(S(=O)(=O)c3cccs3)CC2)CCC1. The van der Waals surface area contributed by atoms with Crippen LogP contribution in [0, 0.1) is 5.92 Å². The quantitative estimate of drug-likeness (QED) is 0.750. The van der Waals surface area contributed by atoms with Crippen LogP contribution >= 0.6 is 11.3 Å². The van der Waals surface area contributed by atoms with Gasteiger partial charge in [-0.3, -0.25) is 15.0 Å². The third-order valence-corrected chi connectivity index (χ3v) is 7.74. The Hall–Kier alpha value is -1.71. The lowest BCUT2D eigenvalue weighted by atomic mass is 9.97. The summed E-state index contributed by atoms with van der Waals surface area (Å²) in [5.74, 6) is -0.329. The number of nitrogens with one attached hydrogen (secondary N) is 2. The smallest absolute Gasteiger partial charge is 0.252 e. The fourth-order valence-corrected chi connectivity index (χ4v) is 5.64. The first kappa shape index (κ1) is 18.1. The van der Waals surface area contributed by atoms with Crippen LogP contribution in [0.2, 0.25) is 0 Å². The van der Waals surface area contributed by atoms with Crippen LogP contribution in [-0.4, -0.2) is 37.5 Å². The number of sulfonamides is 1. The molecule has 1 fully saturated rings. The Bertz CT molecular complexity index is 763. The van der Waals surface area contributed by atoms with Crippen molar-refractivity contribution < 1.29 is 18.0 Å². The molecule has 2 heterocycles. The number of hydrazine groups is 1. The fraction of sp³-hybridized carbons (Fsp3) is 0.500. The van der Waals surface area contributed by atoms with Crippen LogP contribution in [0.3, 0.4) is 0 Å². The predicted octanol–water partition coefficient (Wildman–Crippen LogP) is 1.41. The van der Waals surface area contributed by atoms with E-state index in [0.29, 0.717) is 36.6 Å². The van der Waals surface area contributed by atoms with Crippen molar-refractivity contribution in [1.82, 2.24) is 15.2 Å². The first-order valence-electron chi connectivity index (χ1n) is 8.30. The highest BCUT2D eigenvalue weighted by Gasteiger charge is 2.32. The second-order valence-electron chi connectivity index (χ2n) is 6.21. The number of hydrogen-bond donors (Lipinski definition) is 2. The van der Waals surface area contributed by atoms with Gasteiger partial charge in [-0.2, -0.15) is 4.31 Å². The van der Waals surface area contributed by atoms with Gasteiger partial charge in [0.1, 0.15) is 4.21 Å². The van der Waals surface area contributed by atoms with Crippen molar-refractivity contribution >= 4 is 33.1 Å². The Morgan fingerprint density at radius 2 is 2.00 bits per heavy atom. The number of ketones is 1. The summed E-state index contributed by atoms with van der Waals surface area (Å²) in [5, 5.41) is 1.74. The summed E-state index contributed by atoms with van der Waals surface area (Å²) in [6, 6.07) is 3.32. The van der Waals surface area contributed by atoms with E-state index in [4.69, 9.17) is 0 Å². The topological polar surface area (TPSA) is 95.6 Å². The molecule has 2 N–H and O–H groups in total. The molecule has 2 aliphatic rings. The number of piperidine rings is 1. The van der Waals surface area contributed by atoms with E-state index in [1.54, 1.807) is 17.5 Å². The van der Waals surface area contributed by atoms with E-state index in [1.165, 1.54) is 21.7 Å². The van der Waals surface area contributed by atoms with E-state index >= 15 is 0 Å². The molecule has 25 heavy (non-hydrogen) atoms. The monoisotopic (exact) mass is 383 g/mol. The zero-order chi connectivity index (χ0) is 17.9. The average Bonchev–Trinajstić information content (AvgIpc) is 3.15. The van der Waals surface area contributed by atoms with Gasteiger partial charge < -0.3 is 5.43 Å². The molecule has 3 rings (SSSR count). The summed E-state index contributed by atoms with van der Waals surface area (Å²) < 4.78 is 26.7. The van der Waals surface area contributed by atoms with Crippen LogP contribution in [0.1, 0.15) is 32.1 Å². The molecule has 0 unspecified atom stereocenters. The molecular formula is C16H21N3O4S2. The molecule has 9 heteroatoms. The Morgan fingerprint density at radius 3 is 2.64 bits per heavy atom. The van der Waals surface area contributed by atoms with Gasteiger partial charge in [0.25, 0.3) is 10.0 Å². The molecule has 1 saturated heterocycles. The molecule has 0 spiro atoms.